The van der Waals surface area contributed by atoms with Crippen LogP contribution in [0.15, 0.2) is 0 Å². The number of imide groups is 1. The molecule has 7 nitrogen and oxygen atoms in total. The molecule has 1 saturated carbocycles. The van der Waals surface area contributed by atoms with Crippen LogP contribution < -0.4 is 10.6 Å². The van der Waals surface area contributed by atoms with Gasteiger partial charge < -0.3 is 15.5 Å². The van der Waals surface area contributed by atoms with Crippen LogP contribution in [-0.4, -0.2) is 34.2 Å². The van der Waals surface area contributed by atoms with Crippen LogP contribution in [0.3, 0.4) is 0 Å². The zero-order valence-electron chi connectivity index (χ0n) is 13.6. The number of hydrogen-bond donors (Lipinski definition) is 2. The van der Waals surface area contributed by atoms with Crippen molar-refractivity contribution < 1.29 is 19.2 Å². The van der Waals surface area contributed by atoms with Crippen LogP contribution in [0.2, 0.25) is 0 Å². The molecule has 0 unspecified atom stereocenters. The van der Waals surface area contributed by atoms with Crippen molar-refractivity contribution in [2.24, 2.45) is 5.92 Å². The maximum Gasteiger partial charge on any atom is 0.432 e. The van der Waals surface area contributed by atoms with Gasteiger partial charge in [-0.2, -0.15) is 0 Å². The first-order valence-corrected chi connectivity index (χ1v) is 7.05. The summed E-state index contributed by atoms with van der Waals surface area (Å²) in [7, 11) is 0. The molecule has 0 bridgehead atoms. The van der Waals surface area contributed by atoms with Crippen molar-refractivity contribution in [3.8, 4) is 0 Å². The lowest BCUT2D eigenvalue weighted by atomic mass is 10.1. The van der Waals surface area contributed by atoms with E-state index < -0.39 is 29.1 Å². The number of urea groups is 1. The van der Waals surface area contributed by atoms with Crippen molar-refractivity contribution >= 4 is 18.0 Å². The molecule has 0 aliphatic heterocycles. The Bertz CT molecular complexity index is 430. The molecule has 0 saturated heterocycles. The molecule has 7 heteroatoms. The number of amides is 4. The lowest BCUT2D eigenvalue weighted by Gasteiger charge is -2.27. The molecule has 0 heterocycles. The number of rotatable bonds is 1. The van der Waals surface area contributed by atoms with Gasteiger partial charge in [0.15, 0.2) is 0 Å². The first-order valence-electron chi connectivity index (χ1n) is 7.05. The van der Waals surface area contributed by atoms with Crippen LogP contribution in [-0.2, 0) is 9.63 Å². The Balaban J connectivity index is 2.75. The van der Waals surface area contributed by atoms with E-state index in [4.69, 9.17) is 4.84 Å². The third-order valence-corrected chi connectivity index (χ3v) is 2.44. The predicted molar refractivity (Wildman–Crippen MR) is 77.2 cm³/mol. The van der Waals surface area contributed by atoms with Crippen molar-refractivity contribution in [3.05, 3.63) is 0 Å². The summed E-state index contributed by atoms with van der Waals surface area (Å²) < 4.78 is 0. The van der Waals surface area contributed by atoms with Crippen LogP contribution in [0.1, 0.15) is 54.4 Å². The molecule has 0 radical (unpaired) electrons. The van der Waals surface area contributed by atoms with Gasteiger partial charge in [-0.15, -0.1) is 0 Å². The molecule has 21 heavy (non-hydrogen) atoms. The maximum absolute atomic E-state index is 12.1. The molecule has 0 spiro atoms. The second kappa shape index (κ2) is 5.91. The number of carbonyl (C=O) groups is 3. The monoisotopic (exact) mass is 299 g/mol. The topological polar surface area (TPSA) is 87.7 Å². The summed E-state index contributed by atoms with van der Waals surface area (Å²) in [6.45, 7) is 10.7. The van der Waals surface area contributed by atoms with Crippen LogP contribution in [0.5, 0.6) is 0 Å². The van der Waals surface area contributed by atoms with Gasteiger partial charge in [-0.1, -0.05) is 5.06 Å². The number of nitrogens with one attached hydrogen (secondary N) is 2. The molecule has 0 aromatic heterocycles. The van der Waals surface area contributed by atoms with E-state index in [0.717, 1.165) is 0 Å². The largest absolute Gasteiger partial charge is 0.432 e. The Morgan fingerprint density at radius 3 is 1.81 bits per heavy atom. The molecule has 2 N–H and O–H groups in total. The van der Waals surface area contributed by atoms with E-state index in [0.29, 0.717) is 17.9 Å². The van der Waals surface area contributed by atoms with Crippen molar-refractivity contribution in [1.82, 2.24) is 15.7 Å². The van der Waals surface area contributed by atoms with Gasteiger partial charge in [0.2, 0.25) is 0 Å². The highest BCUT2D eigenvalue weighted by Crippen LogP contribution is 2.31. The SMILES string of the molecule is CC(C)(C)NC(=O)ON(C(=O)NC(C)(C)C)C(=O)C1CC1. The number of nitrogens with zero attached hydrogens (tertiary/aromatic N) is 1. The normalized spacial score (nSPS) is 15.1. The zero-order valence-corrected chi connectivity index (χ0v) is 13.6. The van der Waals surface area contributed by atoms with E-state index in [-0.39, 0.29) is 5.92 Å². The highest BCUT2D eigenvalue weighted by atomic mass is 16.7. The van der Waals surface area contributed by atoms with Gasteiger partial charge in [0.25, 0.3) is 5.91 Å². The minimum Gasteiger partial charge on any atom is -0.331 e. The van der Waals surface area contributed by atoms with E-state index >= 15 is 0 Å². The van der Waals surface area contributed by atoms with E-state index in [9.17, 15) is 14.4 Å². The fraction of sp³-hybridized carbons (Fsp3) is 0.786. The van der Waals surface area contributed by atoms with E-state index in [1.54, 1.807) is 41.5 Å². The van der Waals surface area contributed by atoms with Crippen LogP contribution in [0.25, 0.3) is 0 Å². The Hall–Kier alpha value is -1.79. The molecule has 1 rings (SSSR count). The molecule has 4 amide bonds. The molecule has 0 aromatic rings. The van der Waals surface area contributed by atoms with Crippen LogP contribution >= 0.6 is 0 Å². The summed E-state index contributed by atoms with van der Waals surface area (Å²) in [6.07, 6.45) is 0.589. The van der Waals surface area contributed by atoms with Crippen molar-refractivity contribution in [2.75, 3.05) is 0 Å². The van der Waals surface area contributed by atoms with E-state index in [1.807, 2.05) is 0 Å². The number of carbonyl (C=O) groups excluding carboxylic acids is 3. The third kappa shape index (κ3) is 6.46. The summed E-state index contributed by atoms with van der Waals surface area (Å²) >= 11 is 0. The van der Waals surface area contributed by atoms with Gasteiger partial charge >= 0.3 is 12.1 Å². The maximum atomic E-state index is 12.1. The molecular formula is C14H25N3O4. The third-order valence-electron chi connectivity index (χ3n) is 2.44. The molecule has 0 atom stereocenters. The zero-order chi connectivity index (χ0) is 16.4. The fourth-order valence-corrected chi connectivity index (χ4v) is 1.47. The highest BCUT2D eigenvalue weighted by Gasteiger charge is 2.39. The predicted octanol–water partition coefficient (Wildman–Crippen LogP) is 2.17. The lowest BCUT2D eigenvalue weighted by molar-refractivity contribution is -0.155. The van der Waals surface area contributed by atoms with Crippen molar-refractivity contribution in [1.29, 1.82) is 0 Å². The first kappa shape index (κ1) is 17.3. The van der Waals surface area contributed by atoms with Crippen LogP contribution in [0, 0.1) is 5.92 Å². The second-order valence-corrected chi connectivity index (χ2v) is 7.34. The summed E-state index contributed by atoms with van der Waals surface area (Å²) in [5.41, 5.74) is -1.06. The summed E-state index contributed by atoms with van der Waals surface area (Å²) in [6, 6.07) is -0.733. The van der Waals surface area contributed by atoms with E-state index in [1.165, 1.54) is 0 Å². The summed E-state index contributed by atoms with van der Waals surface area (Å²) in [5, 5.41) is 5.69. The Morgan fingerprint density at radius 1 is 0.952 bits per heavy atom. The van der Waals surface area contributed by atoms with Gasteiger partial charge in [-0.05, 0) is 54.4 Å². The van der Waals surface area contributed by atoms with Crippen molar-refractivity contribution in [2.45, 2.75) is 65.5 Å². The Morgan fingerprint density at radius 2 is 1.43 bits per heavy atom. The van der Waals surface area contributed by atoms with Gasteiger partial charge in [-0.3, -0.25) is 4.79 Å². The highest BCUT2D eigenvalue weighted by molar-refractivity contribution is 5.96. The summed E-state index contributed by atoms with van der Waals surface area (Å²) in [4.78, 5) is 40.9. The van der Waals surface area contributed by atoms with Crippen LogP contribution in [0.4, 0.5) is 9.59 Å². The minimum atomic E-state index is -0.833. The molecule has 1 aliphatic rings. The Labute approximate surface area is 125 Å². The number of hydrogen-bond acceptors (Lipinski definition) is 4. The average Bonchev–Trinajstić information content (AvgIpc) is 3.03. The Kier molecular flexibility index (Phi) is 4.86. The van der Waals surface area contributed by atoms with E-state index in [2.05, 4.69) is 10.6 Å². The van der Waals surface area contributed by atoms with Gasteiger partial charge in [0.05, 0.1) is 0 Å². The number of hydroxylamine groups is 2. The quantitative estimate of drug-likeness (QED) is 0.726. The van der Waals surface area contributed by atoms with Crippen molar-refractivity contribution in [3.63, 3.8) is 0 Å². The fourth-order valence-electron chi connectivity index (χ4n) is 1.47. The second-order valence-electron chi connectivity index (χ2n) is 7.34. The van der Waals surface area contributed by atoms with Gasteiger partial charge in [0, 0.05) is 17.0 Å². The smallest absolute Gasteiger partial charge is 0.331 e. The molecule has 0 aromatic carbocycles. The standard InChI is InChI=1S/C14H25N3O4/c1-13(2,3)15-11(19)17(10(18)9-7-8-9)21-12(20)16-14(4,5)6/h9H,7-8H2,1-6H3,(H,15,19)(H,16,20). The molecular weight excluding hydrogens is 274 g/mol. The molecule has 1 fully saturated rings. The van der Waals surface area contributed by atoms with Gasteiger partial charge in [0.1, 0.15) is 0 Å². The summed E-state index contributed by atoms with van der Waals surface area (Å²) in [5.74, 6) is -0.723. The minimum absolute atomic E-state index is 0.238. The van der Waals surface area contributed by atoms with Gasteiger partial charge in [-0.25, -0.2) is 9.59 Å². The lowest BCUT2D eigenvalue weighted by Crippen LogP contribution is -2.53. The molecule has 120 valence electrons. The average molecular weight is 299 g/mol. The molecule has 1 aliphatic carbocycles. The first-order chi connectivity index (χ1) is 9.39.